The molecule has 0 fully saturated rings. The fourth-order valence-electron chi connectivity index (χ4n) is 1.70. The summed E-state index contributed by atoms with van der Waals surface area (Å²) in [5.41, 5.74) is 6.72. The van der Waals surface area contributed by atoms with E-state index >= 15 is 0 Å². The number of nitrogens with two attached hydrogens (primary N) is 1. The van der Waals surface area contributed by atoms with Crippen LogP contribution in [0.4, 0.5) is 5.69 Å². The highest BCUT2D eigenvalue weighted by Gasteiger charge is 2.16. The Balaban J connectivity index is 2.16. The Kier molecular flexibility index (Phi) is 4.88. The van der Waals surface area contributed by atoms with Gasteiger partial charge in [0.2, 0.25) is 5.88 Å². The van der Waals surface area contributed by atoms with Crippen molar-refractivity contribution in [1.29, 1.82) is 0 Å². The maximum Gasteiger partial charge on any atom is 0.340 e. The van der Waals surface area contributed by atoms with E-state index in [-0.39, 0.29) is 22.2 Å². The molecule has 0 aliphatic heterocycles. The minimum atomic E-state index is -0.625. The van der Waals surface area contributed by atoms with Crippen LogP contribution in [0.1, 0.15) is 15.9 Å². The number of hydrogen-bond donors (Lipinski definition) is 1. The summed E-state index contributed by atoms with van der Waals surface area (Å²) in [7, 11) is 1.49. The second-order valence-corrected chi connectivity index (χ2v) is 4.90. The number of anilines is 1. The first-order valence-electron chi connectivity index (χ1n) is 5.92. The van der Waals surface area contributed by atoms with Crippen molar-refractivity contribution < 1.29 is 14.3 Å². The Morgan fingerprint density at radius 2 is 2.14 bits per heavy atom. The molecule has 0 unspecified atom stereocenters. The highest BCUT2D eigenvalue weighted by atomic mass is 35.5. The molecule has 0 amide bonds. The lowest BCUT2D eigenvalue weighted by atomic mass is 10.2. The van der Waals surface area contributed by atoms with Gasteiger partial charge >= 0.3 is 5.97 Å². The topological polar surface area (TPSA) is 74.4 Å². The van der Waals surface area contributed by atoms with E-state index in [1.165, 1.54) is 19.2 Å². The normalized spacial score (nSPS) is 10.2. The molecule has 0 aliphatic rings. The third-order valence-corrected chi connectivity index (χ3v) is 3.47. The van der Waals surface area contributed by atoms with Gasteiger partial charge in [-0.15, -0.1) is 0 Å². The summed E-state index contributed by atoms with van der Waals surface area (Å²) < 4.78 is 10.3. The number of nitrogen functional groups attached to an aromatic ring is 1. The minimum Gasteiger partial charge on any atom is -0.481 e. The van der Waals surface area contributed by atoms with Crippen LogP contribution in [0.25, 0.3) is 0 Å². The van der Waals surface area contributed by atoms with Crippen molar-refractivity contribution in [3.8, 4) is 5.88 Å². The van der Waals surface area contributed by atoms with Gasteiger partial charge in [-0.05, 0) is 24.3 Å². The molecule has 0 saturated carbocycles. The van der Waals surface area contributed by atoms with E-state index in [0.717, 1.165) is 0 Å². The van der Waals surface area contributed by atoms with E-state index in [1.807, 2.05) is 0 Å². The van der Waals surface area contributed by atoms with Gasteiger partial charge in [0.05, 0.1) is 28.3 Å². The molecule has 0 aliphatic carbocycles. The number of esters is 1. The lowest BCUT2D eigenvalue weighted by molar-refractivity contribution is 0.0470. The van der Waals surface area contributed by atoms with Gasteiger partial charge in [-0.1, -0.05) is 23.2 Å². The number of nitrogens with zero attached hydrogens (tertiary/aromatic N) is 1. The van der Waals surface area contributed by atoms with Crippen LogP contribution >= 0.6 is 23.2 Å². The number of halogens is 2. The smallest absolute Gasteiger partial charge is 0.340 e. The van der Waals surface area contributed by atoms with Gasteiger partial charge in [-0.3, -0.25) is 0 Å². The van der Waals surface area contributed by atoms with Crippen molar-refractivity contribution in [2.75, 3.05) is 12.8 Å². The molecule has 2 rings (SSSR count). The molecule has 110 valence electrons. The van der Waals surface area contributed by atoms with Crippen LogP contribution in [0.3, 0.4) is 0 Å². The molecule has 21 heavy (non-hydrogen) atoms. The van der Waals surface area contributed by atoms with Crippen LogP contribution < -0.4 is 10.5 Å². The molecule has 1 heterocycles. The lowest BCUT2D eigenvalue weighted by Crippen LogP contribution is -2.08. The summed E-state index contributed by atoms with van der Waals surface area (Å²) in [6, 6.07) is 6.34. The number of carbonyl (C=O) groups excluding carboxylic acids is 1. The fourth-order valence-corrected chi connectivity index (χ4v) is 2.11. The monoisotopic (exact) mass is 326 g/mol. The summed E-state index contributed by atoms with van der Waals surface area (Å²) in [5.74, 6) is -0.234. The van der Waals surface area contributed by atoms with Crippen molar-refractivity contribution >= 4 is 34.9 Å². The molecule has 2 N–H and O–H groups in total. The van der Waals surface area contributed by atoms with Gasteiger partial charge in [0.1, 0.15) is 6.61 Å². The number of hydrogen-bond acceptors (Lipinski definition) is 5. The summed E-state index contributed by atoms with van der Waals surface area (Å²) in [4.78, 5) is 16.1. The average molecular weight is 327 g/mol. The van der Waals surface area contributed by atoms with E-state index in [4.69, 9.17) is 38.4 Å². The number of rotatable bonds is 4. The summed E-state index contributed by atoms with van der Waals surface area (Å²) >= 11 is 11.9. The van der Waals surface area contributed by atoms with Gasteiger partial charge in [-0.25, -0.2) is 9.78 Å². The molecular formula is C14H12Cl2N2O3. The summed E-state index contributed by atoms with van der Waals surface area (Å²) in [6.45, 7) is -0.00140. The number of carbonyl (C=O) groups is 1. The van der Waals surface area contributed by atoms with Gasteiger partial charge in [0, 0.05) is 11.9 Å². The first kappa shape index (κ1) is 15.4. The molecule has 5 nitrogen and oxygen atoms in total. The van der Waals surface area contributed by atoms with Crippen molar-refractivity contribution in [2.24, 2.45) is 0 Å². The standard InChI is InChI=1S/C14H12Cl2N2O3/c1-20-13-8(3-2-4-18-13)7-21-14(19)10-5-9(17)6-11(15)12(10)16/h2-6H,7,17H2,1H3. The minimum absolute atomic E-state index is 0.00140. The van der Waals surface area contributed by atoms with Crippen LogP contribution in [-0.2, 0) is 11.3 Å². The summed E-state index contributed by atoms with van der Waals surface area (Å²) in [6.07, 6.45) is 1.58. The van der Waals surface area contributed by atoms with Crippen LogP contribution in [0.2, 0.25) is 10.0 Å². The zero-order valence-electron chi connectivity index (χ0n) is 11.1. The number of aromatic nitrogens is 1. The van der Waals surface area contributed by atoms with Gasteiger partial charge in [-0.2, -0.15) is 0 Å². The SMILES string of the molecule is COc1ncccc1COC(=O)c1cc(N)cc(Cl)c1Cl. The zero-order chi connectivity index (χ0) is 15.4. The molecule has 7 heteroatoms. The molecular weight excluding hydrogens is 315 g/mol. The van der Waals surface area contributed by atoms with E-state index in [1.54, 1.807) is 18.3 Å². The zero-order valence-corrected chi connectivity index (χ0v) is 12.6. The van der Waals surface area contributed by atoms with E-state index in [2.05, 4.69) is 4.98 Å². The van der Waals surface area contributed by atoms with Crippen LogP contribution in [0, 0.1) is 0 Å². The number of ether oxygens (including phenoxy) is 2. The van der Waals surface area contributed by atoms with Crippen molar-refractivity contribution in [1.82, 2.24) is 4.98 Å². The van der Waals surface area contributed by atoms with E-state index < -0.39 is 5.97 Å². The third-order valence-electron chi connectivity index (χ3n) is 2.67. The second-order valence-electron chi connectivity index (χ2n) is 4.11. The van der Waals surface area contributed by atoms with Crippen molar-refractivity contribution in [3.05, 3.63) is 51.6 Å². The molecule has 0 radical (unpaired) electrons. The summed E-state index contributed by atoms with van der Waals surface area (Å²) in [5, 5.41) is 0.302. The average Bonchev–Trinajstić information content (AvgIpc) is 2.48. The predicted octanol–water partition coefficient (Wildman–Crippen LogP) is 3.34. The van der Waals surface area contributed by atoms with Crippen molar-refractivity contribution in [2.45, 2.75) is 6.61 Å². The largest absolute Gasteiger partial charge is 0.481 e. The number of benzene rings is 1. The van der Waals surface area contributed by atoms with Crippen molar-refractivity contribution in [3.63, 3.8) is 0 Å². The maximum atomic E-state index is 12.1. The number of pyridine rings is 1. The van der Waals surface area contributed by atoms with Crippen LogP contribution in [-0.4, -0.2) is 18.1 Å². The molecule has 2 aromatic rings. The Hall–Kier alpha value is -1.98. The molecule has 0 spiro atoms. The molecule has 0 atom stereocenters. The predicted molar refractivity (Wildman–Crippen MR) is 80.8 cm³/mol. The molecule has 1 aromatic heterocycles. The highest BCUT2D eigenvalue weighted by molar-refractivity contribution is 6.44. The quantitative estimate of drug-likeness (QED) is 0.689. The second kappa shape index (κ2) is 6.65. The Morgan fingerprint density at radius 1 is 1.38 bits per heavy atom. The molecule has 0 saturated heterocycles. The Bertz CT molecular complexity index is 677. The first-order chi connectivity index (χ1) is 10.0. The lowest BCUT2D eigenvalue weighted by Gasteiger charge is -2.10. The Morgan fingerprint density at radius 3 is 2.86 bits per heavy atom. The molecule has 1 aromatic carbocycles. The maximum absolute atomic E-state index is 12.1. The Labute approximate surface area is 131 Å². The third kappa shape index (κ3) is 3.56. The molecule has 0 bridgehead atoms. The highest BCUT2D eigenvalue weighted by Crippen LogP contribution is 2.29. The van der Waals surface area contributed by atoms with Gasteiger partial charge < -0.3 is 15.2 Å². The van der Waals surface area contributed by atoms with Gasteiger partial charge in [0.15, 0.2) is 0 Å². The first-order valence-corrected chi connectivity index (χ1v) is 6.68. The fraction of sp³-hybridized carbons (Fsp3) is 0.143. The van der Waals surface area contributed by atoms with Crippen LogP contribution in [0.5, 0.6) is 5.88 Å². The van der Waals surface area contributed by atoms with E-state index in [9.17, 15) is 4.79 Å². The number of methoxy groups -OCH3 is 1. The van der Waals surface area contributed by atoms with Crippen LogP contribution in [0.15, 0.2) is 30.5 Å². The van der Waals surface area contributed by atoms with Gasteiger partial charge in [0.25, 0.3) is 0 Å². The van der Waals surface area contributed by atoms with E-state index in [0.29, 0.717) is 17.1 Å².